The number of hydrogen-bond donors (Lipinski definition) is 1. The summed E-state index contributed by atoms with van der Waals surface area (Å²) in [5.74, 6) is -1.53. The molecule has 9 nitrogen and oxygen atoms in total. The number of rotatable bonds is 5. The summed E-state index contributed by atoms with van der Waals surface area (Å²) in [6, 6.07) is 3.88. The van der Waals surface area contributed by atoms with Gasteiger partial charge < -0.3 is 9.84 Å². The fraction of sp³-hybridized carbons (Fsp3) is 0.0714. The average Bonchev–Trinajstić information content (AvgIpc) is 2.55. The molecule has 1 aromatic heterocycles. The molecule has 0 fully saturated rings. The van der Waals surface area contributed by atoms with Gasteiger partial charge in [-0.05, 0) is 28.1 Å². The molecule has 2 rings (SSSR count). The first-order valence-corrected chi connectivity index (χ1v) is 7.19. The van der Waals surface area contributed by atoms with Crippen molar-refractivity contribution in [3.05, 3.63) is 56.3 Å². The molecule has 0 bridgehead atoms. The number of nitro groups is 1. The van der Waals surface area contributed by atoms with Crippen LogP contribution in [0, 0.1) is 10.1 Å². The molecule has 0 atom stereocenters. The van der Waals surface area contributed by atoms with E-state index in [-0.39, 0.29) is 16.9 Å². The fourth-order valence-electron chi connectivity index (χ4n) is 1.74. The number of methoxy groups -OCH3 is 1. The highest BCUT2D eigenvalue weighted by molar-refractivity contribution is 9.10. The highest BCUT2D eigenvalue weighted by atomic mass is 79.9. The van der Waals surface area contributed by atoms with E-state index >= 15 is 0 Å². The van der Waals surface area contributed by atoms with Crippen molar-refractivity contribution in [1.82, 2.24) is 10.4 Å². The first-order chi connectivity index (χ1) is 11.4. The summed E-state index contributed by atoms with van der Waals surface area (Å²) in [7, 11) is 1.23. The van der Waals surface area contributed by atoms with E-state index in [1.54, 1.807) is 6.07 Å². The van der Waals surface area contributed by atoms with Crippen molar-refractivity contribution >= 4 is 33.7 Å². The Morgan fingerprint density at radius 2 is 2.17 bits per heavy atom. The minimum absolute atomic E-state index is 0.187. The van der Waals surface area contributed by atoms with Crippen LogP contribution in [0.4, 0.5) is 5.69 Å². The third-order valence-electron chi connectivity index (χ3n) is 2.82. The summed E-state index contributed by atoms with van der Waals surface area (Å²) in [5.41, 5.74) is 2.12. The number of nitrogens with zero attached hydrogens (tertiary/aromatic N) is 3. The molecule has 1 amide bonds. The third kappa shape index (κ3) is 4.04. The van der Waals surface area contributed by atoms with Crippen molar-refractivity contribution in [3.63, 3.8) is 0 Å². The number of benzene rings is 1. The van der Waals surface area contributed by atoms with E-state index in [0.717, 1.165) is 12.3 Å². The van der Waals surface area contributed by atoms with Crippen molar-refractivity contribution in [1.29, 1.82) is 0 Å². The van der Waals surface area contributed by atoms with E-state index in [1.165, 1.54) is 25.6 Å². The smallest absolute Gasteiger partial charge is 0.272 e. The lowest BCUT2D eigenvalue weighted by Crippen LogP contribution is -2.17. The number of amides is 1. The van der Waals surface area contributed by atoms with Crippen LogP contribution in [-0.4, -0.2) is 29.1 Å². The Balaban J connectivity index is 2.18. The Kier molecular flexibility index (Phi) is 5.42. The molecule has 0 saturated heterocycles. The normalized spacial score (nSPS) is 10.6. The van der Waals surface area contributed by atoms with Crippen LogP contribution in [0.15, 0.2) is 40.2 Å². The van der Waals surface area contributed by atoms with Gasteiger partial charge in [-0.15, -0.1) is 0 Å². The Morgan fingerprint density at radius 1 is 1.42 bits per heavy atom. The predicted molar refractivity (Wildman–Crippen MR) is 86.1 cm³/mol. The maximum Gasteiger partial charge on any atom is 0.272 e. The highest BCUT2D eigenvalue weighted by Crippen LogP contribution is 2.33. The second-order valence-electron chi connectivity index (χ2n) is 4.42. The molecular formula is C14H10BrN4O5-. The highest BCUT2D eigenvalue weighted by Gasteiger charge is 2.13. The minimum atomic E-state index is -0.830. The lowest BCUT2D eigenvalue weighted by molar-refractivity contribution is -0.398. The Bertz CT molecular complexity index is 825. The zero-order chi connectivity index (χ0) is 17.7. The van der Waals surface area contributed by atoms with Gasteiger partial charge in [0.1, 0.15) is 5.75 Å². The number of carbonyl (C=O) groups is 1. The van der Waals surface area contributed by atoms with Crippen LogP contribution in [0.1, 0.15) is 15.9 Å². The number of nitrogens with one attached hydrogen (secondary N) is 1. The number of aromatic nitrogens is 1. The number of hydrogen-bond acceptors (Lipinski definition) is 7. The molecule has 1 heterocycles. The van der Waals surface area contributed by atoms with E-state index in [2.05, 4.69) is 31.4 Å². The van der Waals surface area contributed by atoms with Gasteiger partial charge in [0, 0.05) is 34.2 Å². The molecule has 0 radical (unpaired) electrons. The standard InChI is InChI=1S/C14H11BrN4O5/c1-24-12-3-8(2-11(13(12)20)19(22)23)5-17-18-14(21)9-4-10(15)7-16-6-9/h2-7,20H,1H3,(H,18,21)/p-1/b17-5-. The van der Waals surface area contributed by atoms with Crippen LogP contribution in [0.25, 0.3) is 0 Å². The van der Waals surface area contributed by atoms with Crippen LogP contribution >= 0.6 is 15.9 Å². The summed E-state index contributed by atoms with van der Waals surface area (Å²) in [5, 5.41) is 26.3. The number of halogens is 1. The number of pyridine rings is 1. The van der Waals surface area contributed by atoms with E-state index in [4.69, 9.17) is 4.74 Å². The van der Waals surface area contributed by atoms with Gasteiger partial charge in [-0.3, -0.25) is 19.9 Å². The third-order valence-corrected chi connectivity index (χ3v) is 3.25. The van der Waals surface area contributed by atoms with Crippen molar-refractivity contribution in [2.24, 2.45) is 5.10 Å². The number of carbonyl (C=O) groups excluding carboxylic acids is 1. The molecule has 0 saturated carbocycles. The zero-order valence-electron chi connectivity index (χ0n) is 12.2. The quantitative estimate of drug-likeness (QED) is 0.466. The number of hydrazone groups is 1. The summed E-state index contributed by atoms with van der Waals surface area (Å²) in [4.78, 5) is 25.8. The molecule has 0 aliphatic carbocycles. The van der Waals surface area contributed by atoms with Crippen molar-refractivity contribution < 1.29 is 19.6 Å². The van der Waals surface area contributed by atoms with Gasteiger partial charge in [0.15, 0.2) is 0 Å². The molecule has 10 heteroatoms. The molecule has 0 unspecified atom stereocenters. The maximum atomic E-state index is 11.9. The SMILES string of the molecule is COc1cc(/C=N\NC(=O)c2cncc(Br)c2)cc([N+](=O)[O-])c1[O-]. The van der Waals surface area contributed by atoms with E-state index in [0.29, 0.717) is 4.47 Å². The topological polar surface area (TPSA) is 130 Å². The van der Waals surface area contributed by atoms with Crippen molar-refractivity contribution in [3.8, 4) is 11.5 Å². The molecular weight excluding hydrogens is 384 g/mol. The summed E-state index contributed by atoms with van der Waals surface area (Å²) < 4.78 is 5.44. The van der Waals surface area contributed by atoms with Crippen LogP contribution in [-0.2, 0) is 0 Å². The largest absolute Gasteiger partial charge is 0.865 e. The Morgan fingerprint density at radius 3 is 2.79 bits per heavy atom. The lowest BCUT2D eigenvalue weighted by atomic mass is 10.2. The molecule has 1 aromatic carbocycles. The van der Waals surface area contributed by atoms with Crippen LogP contribution in [0.3, 0.4) is 0 Å². The first-order valence-electron chi connectivity index (χ1n) is 6.39. The lowest BCUT2D eigenvalue weighted by Gasteiger charge is -2.12. The van der Waals surface area contributed by atoms with Gasteiger partial charge in [0.25, 0.3) is 11.6 Å². The van der Waals surface area contributed by atoms with Crippen LogP contribution < -0.4 is 15.3 Å². The van der Waals surface area contributed by atoms with Crippen molar-refractivity contribution in [2.45, 2.75) is 0 Å². The van der Waals surface area contributed by atoms with Crippen molar-refractivity contribution in [2.75, 3.05) is 7.11 Å². The Labute approximate surface area is 144 Å². The van der Waals surface area contributed by atoms with Crippen LogP contribution in [0.5, 0.6) is 11.5 Å². The maximum absolute atomic E-state index is 11.9. The second-order valence-corrected chi connectivity index (χ2v) is 5.34. The average molecular weight is 394 g/mol. The van der Waals surface area contributed by atoms with Gasteiger partial charge in [-0.25, -0.2) is 5.43 Å². The summed E-state index contributed by atoms with van der Waals surface area (Å²) >= 11 is 3.19. The number of ether oxygens (including phenoxy) is 1. The molecule has 2 aromatic rings. The molecule has 0 spiro atoms. The molecule has 1 N–H and O–H groups in total. The summed E-state index contributed by atoms with van der Waals surface area (Å²) in [6.07, 6.45) is 4.05. The second kappa shape index (κ2) is 7.51. The molecule has 0 aliphatic heterocycles. The Hall–Kier alpha value is -3.01. The van der Waals surface area contributed by atoms with Crippen LogP contribution in [0.2, 0.25) is 0 Å². The monoisotopic (exact) mass is 393 g/mol. The van der Waals surface area contributed by atoms with E-state index in [1.807, 2.05) is 0 Å². The van der Waals surface area contributed by atoms with Gasteiger partial charge >= 0.3 is 0 Å². The van der Waals surface area contributed by atoms with Gasteiger partial charge in [0.05, 0.1) is 23.8 Å². The molecule has 24 heavy (non-hydrogen) atoms. The van der Waals surface area contributed by atoms with Gasteiger partial charge in [-0.2, -0.15) is 5.10 Å². The van der Waals surface area contributed by atoms with E-state index in [9.17, 15) is 20.0 Å². The predicted octanol–water partition coefficient (Wildman–Crippen LogP) is 1.60. The molecule has 0 aliphatic rings. The minimum Gasteiger partial charge on any atom is -0.865 e. The van der Waals surface area contributed by atoms with E-state index < -0.39 is 22.3 Å². The fourth-order valence-corrected chi connectivity index (χ4v) is 2.10. The first kappa shape index (κ1) is 17.3. The number of nitro benzene ring substituents is 1. The van der Waals surface area contributed by atoms with Gasteiger partial charge in [0.2, 0.25) is 0 Å². The zero-order valence-corrected chi connectivity index (χ0v) is 13.8. The van der Waals surface area contributed by atoms with Gasteiger partial charge in [-0.1, -0.05) is 0 Å². The molecule has 124 valence electrons. The summed E-state index contributed by atoms with van der Waals surface area (Å²) in [6.45, 7) is 0.